The van der Waals surface area contributed by atoms with Crippen LogP contribution in [-0.4, -0.2) is 33.8 Å². The molecule has 2 fully saturated rings. The molecule has 2 aliphatic heterocycles. The SMILES string of the molecule is O=C(c1cnc2ccccc2c1)C1CC2CCC(C1)N2C(=O)OCc1ccccc1. The summed E-state index contributed by atoms with van der Waals surface area (Å²) in [5, 5.41) is 0.980. The smallest absolute Gasteiger partial charge is 0.410 e. The Bertz CT molecular complexity index is 1070. The molecule has 2 bridgehead atoms. The lowest BCUT2D eigenvalue weighted by Gasteiger charge is -2.37. The van der Waals surface area contributed by atoms with Gasteiger partial charge in [-0.25, -0.2) is 4.79 Å². The molecule has 5 rings (SSSR count). The number of carbonyl (C=O) groups excluding carboxylic acids is 2. The minimum atomic E-state index is -0.260. The molecule has 152 valence electrons. The second-order valence-electron chi connectivity index (χ2n) is 8.28. The van der Waals surface area contributed by atoms with Crippen molar-refractivity contribution in [2.75, 3.05) is 0 Å². The molecule has 2 atom stereocenters. The number of fused-ring (bicyclic) bond motifs is 3. The van der Waals surface area contributed by atoms with Gasteiger partial charge < -0.3 is 9.64 Å². The zero-order valence-corrected chi connectivity index (χ0v) is 16.7. The monoisotopic (exact) mass is 400 g/mol. The Morgan fingerprint density at radius 3 is 2.43 bits per heavy atom. The number of rotatable bonds is 4. The molecule has 1 aromatic heterocycles. The van der Waals surface area contributed by atoms with Crippen molar-refractivity contribution in [3.63, 3.8) is 0 Å². The van der Waals surface area contributed by atoms with Crippen LogP contribution in [0, 0.1) is 5.92 Å². The van der Waals surface area contributed by atoms with Gasteiger partial charge in [0.2, 0.25) is 0 Å². The number of carbonyl (C=O) groups is 2. The van der Waals surface area contributed by atoms with E-state index in [4.69, 9.17) is 4.74 Å². The Morgan fingerprint density at radius 2 is 1.67 bits per heavy atom. The minimum absolute atomic E-state index is 0.0661. The highest BCUT2D eigenvalue weighted by Crippen LogP contribution is 2.40. The van der Waals surface area contributed by atoms with Crippen molar-refractivity contribution < 1.29 is 14.3 Å². The number of ether oxygens (including phenoxy) is 1. The molecule has 1 amide bonds. The van der Waals surface area contributed by atoms with E-state index < -0.39 is 0 Å². The number of benzene rings is 2. The minimum Gasteiger partial charge on any atom is -0.445 e. The van der Waals surface area contributed by atoms with E-state index in [9.17, 15) is 9.59 Å². The summed E-state index contributed by atoms with van der Waals surface area (Å²) < 4.78 is 5.57. The summed E-state index contributed by atoms with van der Waals surface area (Å²) in [5.74, 6) is 0.0751. The standard InChI is InChI=1S/C25H24N2O3/c28-24(20-12-18-8-4-5-9-23(18)26-15-20)19-13-21-10-11-22(14-19)27(21)25(29)30-16-17-6-2-1-3-7-17/h1-9,12,15,19,21-22H,10-11,13-14,16H2. The van der Waals surface area contributed by atoms with E-state index in [1.54, 1.807) is 6.20 Å². The maximum atomic E-state index is 13.2. The lowest BCUT2D eigenvalue weighted by molar-refractivity contribution is 0.0485. The number of hydrogen-bond donors (Lipinski definition) is 0. The first kappa shape index (κ1) is 18.8. The van der Waals surface area contributed by atoms with Gasteiger partial charge in [0.15, 0.2) is 5.78 Å². The van der Waals surface area contributed by atoms with Crippen LogP contribution in [0.3, 0.4) is 0 Å². The summed E-state index contributed by atoms with van der Waals surface area (Å²) in [6.45, 7) is 0.279. The Morgan fingerprint density at radius 1 is 0.967 bits per heavy atom. The third-order valence-electron chi connectivity index (χ3n) is 6.39. The lowest BCUT2D eigenvalue weighted by Crippen LogP contribution is -2.48. The maximum Gasteiger partial charge on any atom is 0.410 e. The van der Waals surface area contributed by atoms with E-state index in [0.29, 0.717) is 18.4 Å². The van der Waals surface area contributed by atoms with E-state index in [0.717, 1.165) is 29.3 Å². The van der Waals surface area contributed by atoms with Crippen LogP contribution in [0.2, 0.25) is 0 Å². The van der Waals surface area contributed by atoms with Gasteiger partial charge in [0.25, 0.3) is 0 Å². The zero-order chi connectivity index (χ0) is 20.5. The van der Waals surface area contributed by atoms with Crippen molar-refractivity contribution in [3.8, 4) is 0 Å². The maximum absolute atomic E-state index is 13.2. The summed E-state index contributed by atoms with van der Waals surface area (Å²) in [7, 11) is 0. The number of para-hydroxylation sites is 1. The van der Waals surface area contributed by atoms with Gasteiger partial charge in [-0.1, -0.05) is 48.5 Å². The van der Waals surface area contributed by atoms with Gasteiger partial charge in [0.1, 0.15) is 6.61 Å². The zero-order valence-electron chi connectivity index (χ0n) is 16.7. The van der Waals surface area contributed by atoms with Crippen LogP contribution >= 0.6 is 0 Å². The summed E-state index contributed by atoms with van der Waals surface area (Å²) >= 11 is 0. The normalized spacial score (nSPS) is 22.8. The number of ketones is 1. The summed E-state index contributed by atoms with van der Waals surface area (Å²) in [6.07, 6.45) is 4.69. The van der Waals surface area contributed by atoms with E-state index in [1.807, 2.05) is 65.6 Å². The third-order valence-corrected chi connectivity index (χ3v) is 6.39. The molecule has 5 heteroatoms. The molecular weight excluding hydrogens is 376 g/mol. The first-order valence-corrected chi connectivity index (χ1v) is 10.6. The third kappa shape index (κ3) is 3.56. The average molecular weight is 400 g/mol. The molecular formula is C25H24N2O3. The number of nitrogens with zero attached hydrogens (tertiary/aromatic N) is 2. The van der Waals surface area contributed by atoms with Crippen molar-refractivity contribution >= 4 is 22.8 Å². The molecule has 5 nitrogen and oxygen atoms in total. The number of amides is 1. The van der Waals surface area contributed by atoms with Crippen LogP contribution < -0.4 is 0 Å². The first-order chi connectivity index (χ1) is 14.7. The second kappa shape index (κ2) is 7.90. The van der Waals surface area contributed by atoms with Gasteiger partial charge in [-0.05, 0) is 43.4 Å². The number of pyridine rings is 1. The lowest BCUT2D eigenvalue weighted by atomic mass is 9.85. The highest BCUT2D eigenvalue weighted by molar-refractivity contribution is 6.00. The quantitative estimate of drug-likeness (QED) is 0.579. The number of piperidine rings is 1. The fraction of sp³-hybridized carbons (Fsp3) is 0.320. The second-order valence-corrected chi connectivity index (χ2v) is 8.28. The van der Waals surface area contributed by atoms with Crippen LogP contribution in [0.4, 0.5) is 4.79 Å². The fourth-order valence-electron chi connectivity index (χ4n) is 4.92. The van der Waals surface area contributed by atoms with Gasteiger partial charge in [-0.2, -0.15) is 0 Å². The molecule has 2 unspecified atom stereocenters. The molecule has 30 heavy (non-hydrogen) atoms. The predicted octanol–water partition coefficient (Wildman–Crippen LogP) is 5.00. The molecule has 0 saturated carbocycles. The van der Waals surface area contributed by atoms with Crippen LogP contribution in [0.1, 0.15) is 41.6 Å². The Balaban J connectivity index is 1.26. The van der Waals surface area contributed by atoms with Crippen molar-refractivity contribution in [1.82, 2.24) is 9.88 Å². The van der Waals surface area contributed by atoms with Crippen LogP contribution in [0.15, 0.2) is 66.9 Å². The van der Waals surface area contributed by atoms with E-state index in [1.165, 1.54) is 0 Å². The predicted molar refractivity (Wildman–Crippen MR) is 114 cm³/mol. The van der Waals surface area contributed by atoms with Gasteiger partial charge in [-0.15, -0.1) is 0 Å². The Kier molecular flexibility index (Phi) is 4.95. The molecule has 0 spiro atoms. The highest BCUT2D eigenvalue weighted by atomic mass is 16.6. The van der Waals surface area contributed by atoms with Crippen molar-refractivity contribution in [1.29, 1.82) is 0 Å². The summed E-state index contributed by atoms with van der Waals surface area (Å²) in [4.78, 5) is 32.2. The topological polar surface area (TPSA) is 59.5 Å². The first-order valence-electron chi connectivity index (χ1n) is 10.6. The van der Waals surface area contributed by atoms with Gasteiger partial charge in [0, 0.05) is 35.1 Å². The Hall–Kier alpha value is -3.21. The Labute approximate surface area is 175 Å². The molecule has 0 N–H and O–H groups in total. The van der Waals surface area contributed by atoms with E-state index in [-0.39, 0.29) is 36.5 Å². The van der Waals surface area contributed by atoms with Crippen molar-refractivity contribution in [2.24, 2.45) is 5.92 Å². The summed E-state index contributed by atoms with van der Waals surface area (Å²) in [5.41, 5.74) is 2.54. The number of aromatic nitrogens is 1. The summed E-state index contributed by atoms with van der Waals surface area (Å²) in [6, 6.07) is 19.6. The van der Waals surface area contributed by atoms with Gasteiger partial charge in [0.05, 0.1) is 5.52 Å². The van der Waals surface area contributed by atoms with E-state index in [2.05, 4.69) is 4.98 Å². The molecule has 2 aliphatic rings. The number of Topliss-reactive ketones (excluding diaryl/α,β-unsaturated/α-hetero) is 1. The highest BCUT2D eigenvalue weighted by Gasteiger charge is 2.46. The van der Waals surface area contributed by atoms with Crippen LogP contribution in [0.5, 0.6) is 0 Å². The largest absolute Gasteiger partial charge is 0.445 e. The average Bonchev–Trinajstić information content (AvgIpc) is 3.06. The molecule has 3 heterocycles. The molecule has 2 saturated heterocycles. The molecule has 2 aromatic carbocycles. The molecule has 0 radical (unpaired) electrons. The van der Waals surface area contributed by atoms with Gasteiger partial charge in [-0.3, -0.25) is 9.78 Å². The van der Waals surface area contributed by atoms with Crippen LogP contribution in [0.25, 0.3) is 10.9 Å². The van der Waals surface area contributed by atoms with Crippen molar-refractivity contribution in [2.45, 2.75) is 44.4 Å². The van der Waals surface area contributed by atoms with Gasteiger partial charge >= 0.3 is 6.09 Å². The number of hydrogen-bond acceptors (Lipinski definition) is 4. The fourth-order valence-corrected chi connectivity index (χ4v) is 4.92. The molecule has 3 aromatic rings. The molecule has 0 aliphatic carbocycles. The van der Waals surface area contributed by atoms with E-state index >= 15 is 0 Å². The van der Waals surface area contributed by atoms with Crippen molar-refractivity contribution in [3.05, 3.63) is 78.0 Å². The van der Waals surface area contributed by atoms with Crippen LogP contribution in [-0.2, 0) is 11.3 Å².